The molecule has 0 amide bonds. The number of aromatic nitrogens is 2. The van der Waals surface area contributed by atoms with Gasteiger partial charge in [-0.25, -0.2) is 4.68 Å². The zero-order valence-corrected chi connectivity index (χ0v) is 11.9. The van der Waals surface area contributed by atoms with E-state index in [0.29, 0.717) is 6.54 Å². The van der Waals surface area contributed by atoms with Gasteiger partial charge >= 0.3 is 0 Å². The highest BCUT2D eigenvalue weighted by Crippen LogP contribution is 2.27. The largest absolute Gasteiger partial charge is 0.497 e. The van der Waals surface area contributed by atoms with Crippen molar-refractivity contribution in [3.05, 3.63) is 66.5 Å². The lowest BCUT2D eigenvalue weighted by Crippen LogP contribution is -1.99. The van der Waals surface area contributed by atoms with Gasteiger partial charge in [-0.1, -0.05) is 24.3 Å². The summed E-state index contributed by atoms with van der Waals surface area (Å²) in [5, 5.41) is 4.43. The molecule has 0 spiro atoms. The van der Waals surface area contributed by atoms with E-state index >= 15 is 0 Å². The summed E-state index contributed by atoms with van der Waals surface area (Å²) in [5.41, 5.74) is 10.1. The third-order valence-corrected chi connectivity index (χ3v) is 3.45. The molecule has 0 aliphatic rings. The molecule has 1 aromatic heterocycles. The first-order valence-corrected chi connectivity index (χ1v) is 6.79. The summed E-state index contributed by atoms with van der Waals surface area (Å²) in [6.45, 7) is 0.461. The number of rotatable bonds is 4. The van der Waals surface area contributed by atoms with Crippen LogP contribution in [0, 0.1) is 0 Å². The van der Waals surface area contributed by atoms with Crippen LogP contribution in [0.5, 0.6) is 5.75 Å². The highest BCUT2D eigenvalue weighted by molar-refractivity contribution is 5.67. The predicted octanol–water partition coefficient (Wildman–Crippen LogP) is 3.01. The van der Waals surface area contributed by atoms with Crippen LogP contribution in [0.2, 0.25) is 0 Å². The summed E-state index contributed by atoms with van der Waals surface area (Å²) in [4.78, 5) is 0. The monoisotopic (exact) mass is 279 g/mol. The van der Waals surface area contributed by atoms with E-state index in [1.807, 2.05) is 65.6 Å². The third kappa shape index (κ3) is 2.66. The molecule has 0 saturated heterocycles. The molecule has 106 valence electrons. The van der Waals surface area contributed by atoms with E-state index in [9.17, 15) is 0 Å². The van der Waals surface area contributed by atoms with Gasteiger partial charge in [0.25, 0.3) is 0 Å². The SMILES string of the molecule is COc1ccc(-c2cnn(-c3ccccc3)c2)c(CN)c1. The van der Waals surface area contributed by atoms with Crippen LogP contribution >= 0.6 is 0 Å². The molecule has 0 unspecified atom stereocenters. The average molecular weight is 279 g/mol. The van der Waals surface area contributed by atoms with Crippen molar-refractivity contribution < 1.29 is 4.74 Å². The lowest BCUT2D eigenvalue weighted by Gasteiger charge is -2.08. The third-order valence-electron chi connectivity index (χ3n) is 3.45. The topological polar surface area (TPSA) is 53.1 Å². The van der Waals surface area contributed by atoms with Gasteiger partial charge in [-0.15, -0.1) is 0 Å². The highest BCUT2D eigenvalue weighted by atomic mass is 16.5. The van der Waals surface area contributed by atoms with Crippen molar-refractivity contribution in [3.8, 4) is 22.6 Å². The Kier molecular flexibility index (Phi) is 3.71. The quantitative estimate of drug-likeness (QED) is 0.798. The maximum atomic E-state index is 5.85. The number of ether oxygens (including phenoxy) is 1. The molecular weight excluding hydrogens is 262 g/mol. The van der Waals surface area contributed by atoms with Crippen molar-refractivity contribution in [2.45, 2.75) is 6.54 Å². The first kappa shape index (κ1) is 13.4. The van der Waals surface area contributed by atoms with Gasteiger partial charge in [-0.2, -0.15) is 5.10 Å². The number of benzene rings is 2. The minimum Gasteiger partial charge on any atom is -0.497 e. The molecule has 0 aliphatic heterocycles. The molecule has 1 heterocycles. The van der Waals surface area contributed by atoms with E-state index < -0.39 is 0 Å². The molecule has 3 rings (SSSR count). The van der Waals surface area contributed by atoms with E-state index in [2.05, 4.69) is 5.10 Å². The Hall–Kier alpha value is -2.59. The van der Waals surface area contributed by atoms with Gasteiger partial charge in [0.2, 0.25) is 0 Å². The Balaban J connectivity index is 2.00. The smallest absolute Gasteiger partial charge is 0.119 e. The van der Waals surface area contributed by atoms with Gasteiger partial charge < -0.3 is 10.5 Å². The Labute approximate surface area is 123 Å². The van der Waals surface area contributed by atoms with Crippen molar-refractivity contribution in [1.29, 1.82) is 0 Å². The fourth-order valence-corrected chi connectivity index (χ4v) is 2.33. The summed E-state index contributed by atoms with van der Waals surface area (Å²) >= 11 is 0. The van der Waals surface area contributed by atoms with Gasteiger partial charge in [-0.3, -0.25) is 0 Å². The molecule has 0 fully saturated rings. The van der Waals surface area contributed by atoms with Crippen molar-refractivity contribution in [1.82, 2.24) is 9.78 Å². The number of nitrogens with zero attached hydrogens (tertiary/aromatic N) is 2. The number of hydrogen-bond donors (Lipinski definition) is 1. The normalized spacial score (nSPS) is 10.6. The lowest BCUT2D eigenvalue weighted by atomic mass is 10.0. The highest BCUT2D eigenvalue weighted by Gasteiger charge is 2.08. The second-order valence-corrected chi connectivity index (χ2v) is 4.74. The van der Waals surface area contributed by atoms with Crippen LogP contribution in [0.4, 0.5) is 0 Å². The van der Waals surface area contributed by atoms with Crippen molar-refractivity contribution >= 4 is 0 Å². The van der Waals surface area contributed by atoms with E-state index in [1.54, 1.807) is 7.11 Å². The Bertz CT molecular complexity index is 735. The van der Waals surface area contributed by atoms with E-state index in [4.69, 9.17) is 10.5 Å². The zero-order chi connectivity index (χ0) is 14.7. The number of hydrogen-bond acceptors (Lipinski definition) is 3. The minimum absolute atomic E-state index is 0.461. The molecule has 2 N–H and O–H groups in total. The summed E-state index contributed by atoms with van der Waals surface area (Å²) in [5.74, 6) is 0.814. The average Bonchev–Trinajstić information content (AvgIpc) is 3.04. The molecule has 0 radical (unpaired) electrons. The van der Waals surface area contributed by atoms with E-state index in [1.165, 1.54) is 0 Å². The van der Waals surface area contributed by atoms with Crippen molar-refractivity contribution in [2.24, 2.45) is 5.73 Å². The molecule has 0 aliphatic carbocycles. The summed E-state index contributed by atoms with van der Waals surface area (Å²) < 4.78 is 7.11. The van der Waals surface area contributed by atoms with Crippen molar-refractivity contribution in [2.75, 3.05) is 7.11 Å². The Morgan fingerprint density at radius 2 is 1.95 bits per heavy atom. The molecule has 4 heteroatoms. The van der Waals surface area contributed by atoms with E-state index in [0.717, 1.165) is 28.1 Å². The van der Waals surface area contributed by atoms with Crippen LogP contribution < -0.4 is 10.5 Å². The van der Waals surface area contributed by atoms with Crippen LogP contribution in [0.1, 0.15) is 5.56 Å². The maximum Gasteiger partial charge on any atom is 0.119 e. The lowest BCUT2D eigenvalue weighted by molar-refractivity contribution is 0.414. The zero-order valence-electron chi connectivity index (χ0n) is 11.9. The fourth-order valence-electron chi connectivity index (χ4n) is 2.33. The summed E-state index contributed by atoms with van der Waals surface area (Å²) in [6, 6.07) is 16.0. The van der Waals surface area contributed by atoms with Crippen LogP contribution in [0.3, 0.4) is 0 Å². The fraction of sp³-hybridized carbons (Fsp3) is 0.118. The molecule has 3 aromatic rings. The van der Waals surface area contributed by atoms with Gasteiger partial charge in [0.15, 0.2) is 0 Å². The molecule has 0 atom stereocenters. The summed E-state index contributed by atoms with van der Waals surface area (Å²) in [7, 11) is 1.66. The first-order chi connectivity index (χ1) is 10.3. The van der Waals surface area contributed by atoms with Gasteiger partial charge in [0.1, 0.15) is 5.75 Å². The predicted molar refractivity (Wildman–Crippen MR) is 83.4 cm³/mol. The number of para-hydroxylation sites is 1. The molecule has 0 bridgehead atoms. The number of nitrogens with two attached hydrogens (primary N) is 1. The molecule has 0 saturated carbocycles. The van der Waals surface area contributed by atoms with Crippen LogP contribution in [0.15, 0.2) is 60.9 Å². The Morgan fingerprint density at radius 1 is 1.14 bits per heavy atom. The van der Waals surface area contributed by atoms with Gasteiger partial charge in [-0.05, 0) is 35.4 Å². The standard InChI is InChI=1S/C17H17N3O/c1-21-16-7-8-17(13(9-16)10-18)14-11-19-20(12-14)15-5-3-2-4-6-15/h2-9,11-12H,10,18H2,1H3. The van der Waals surface area contributed by atoms with Crippen molar-refractivity contribution in [3.63, 3.8) is 0 Å². The van der Waals surface area contributed by atoms with Crippen LogP contribution in [0.25, 0.3) is 16.8 Å². The number of methoxy groups -OCH3 is 1. The van der Waals surface area contributed by atoms with E-state index in [-0.39, 0.29) is 0 Å². The van der Waals surface area contributed by atoms with Crippen LogP contribution in [-0.4, -0.2) is 16.9 Å². The van der Waals surface area contributed by atoms with Gasteiger partial charge in [0.05, 0.1) is 19.0 Å². The minimum atomic E-state index is 0.461. The Morgan fingerprint density at radius 3 is 2.67 bits per heavy atom. The maximum absolute atomic E-state index is 5.85. The molecule has 21 heavy (non-hydrogen) atoms. The second kappa shape index (κ2) is 5.81. The molecule has 2 aromatic carbocycles. The summed E-state index contributed by atoms with van der Waals surface area (Å²) in [6.07, 6.45) is 3.87. The molecular formula is C17H17N3O. The molecule has 4 nitrogen and oxygen atoms in total. The second-order valence-electron chi connectivity index (χ2n) is 4.74. The van der Waals surface area contributed by atoms with Crippen LogP contribution in [-0.2, 0) is 6.54 Å². The van der Waals surface area contributed by atoms with Gasteiger partial charge in [0, 0.05) is 18.3 Å². The first-order valence-electron chi connectivity index (χ1n) is 6.79.